The summed E-state index contributed by atoms with van der Waals surface area (Å²) in [6.07, 6.45) is 7.05. The van der Waals surface area contributed by atoms with Crippen LogP contribution in [0.5, 0.6) is 0 Å². The fourth-order valence-corrected chi connectivity index (χ4v) is 5.31. The van der Waals surface area contributed by atoms with E-state index in [2.05, 4.69) is 20.7 Å². The summed E-state index contributed by atoms with van der Waals surface area (Å²) in [6, 6.07) is 19.4. The number of aromatic amines is 1. The van der Waals surface area contributed by atoms with Gasteiger partial charge >= 0.3 is 0 Å². The number of H-pyrrole nitrogens is 1. The van der Waals surface area contributed by atoms with Crippen LogP contribution in [0.2, 0.25) is 5.02 Å². The molecule has 10 nitrogen and oxygen atoms in total. The highest BCUT2D eigenvalue weighted by Crippen LogP contribution is 2.34. The van der Waals surface area contributed by atoms with E-state index >= 15 is 0 Å². The van der Waals surface area contributed by atoms with Gasteiger partial charge in [0.05, 0.1) is 17.4 Å². The quantitative estimate of drug-likeness (QED) is 0.0696. The molecule has 0 spiro atoms. The number of likely N-dealkylation sites (tertiary alicyclic amines) is 1. The van der Waals surface area contributed by atoms with E-state index in [1.807, 2.05) is 42.5 Å². The third-order valence-corrected chi connectivity index (χ3v) is 7.23. The standard InChI is InChI=1S/C29H27ClN8O2/c30-22-9-12-26(38(18-31)36-32)20(15-22)8-13-27(39)37-14-4-7-24(19-5-2-1-3-6-19)28(37)29(40)34-23-10-11-25-21(16-23)17-33-35-25/h1-3,5-6,8-13,15-18,24,28,31-32H,4,7,14H2,(H,33,35)(H,34,40)/b13-8+,31-18?,36-32?. The van der Waals surface area contributed by atoms with Crippen LogP contribution in [-0.2, 0) is 9.59 Å². The lowest BCUT2D eigenvalue weighted by atomic mass is 9.82. The largest absolute Gasteiger partial charge is 0.326 e. The number of nitrogens with zero attached hydrogens (tertiary/aromatic N) is 4. The number of benzene rings is 3. The number of aromatic nitrogens is 2. The second-order valence-electron chi connectivity index (χ2n) is 9.41. The average Bonchev–Trinajstić information content (AvgIpc) is 3.45. The first-order valence-electron chi connectivity index (χ1n) is 12.7. The molecule has 5 rings (SSSR count). The van der Waals surface area contributed by atoms with Crippen LogP contribution in [0.25, 0.3) is 17.0 Å². The molecule has 0 aliphatic carbocycles. The van der Waals surface area contributed by atoms with Gasteiger partial charge < -0.3 is 10.2 Å². The Morgan fingerprint density at radius 1 is 1.15 bits per heavy atom. The maximum Gasteiger partial charge on any atom is 0.247 e. The molecule has 2 unspecified atom stereocenters. The summed E-state index contributed by atoms with van der Waals surface area (Å²) in [6.45, 7) is 0.419. The number of amides is 2. The van der Waals surface area contributed by atoms with Gasteiger partial charge in [-0.2, -0.15) is 10.6 Å². The normalized spacial score (nSPS) is 17.1. The van der Waals surface area contributed by atoms with Crippen LogP contribution in [0.15, 0.2) is 84.2 Å². The van der Waals surface area contributed by atoms with Crippen LogP contribution in [0, 0.1) is 10.9 Å². The lowest BCUT2D eigenvalue weighted by molar-refractivity contribution is -0.137. The molecule has 40 heavy (non-hydrogen) atoms. The highest BCUT2D eigenvalue weighted by molar-refractivity contribution is 6.30. The Morgan fingerprint density at radius 3 is 2.75 bits per heavy atom. The van der Waals surface area contributed by atoms with Gasteiger partial charge in [0, 0.05) is 40.2 Å². The monoisotopic (exact) mass is 554 g/mol. The first-order valence-corrected chi connectivity index (χ1v) is 13.1. The van der Waals surface area contributed by atoms with Crippen LogP contribution in [-0.4, -0.2) is 45.8 Å². The third kappa shape index (κ3) is 5.62. The second kappa shape index (κ2) is 11.9. The molecular formula is C29H27ClN8O2. The summed E-state index contributed by atoms with van der Waals surface area (Å²) >= 11 is 6.19. The predicted octanol–water partition coefficient (Wildman–Crippen LogP) is 6.00. The first kappa shape index (κ1) is 26.8. The van der Waals surface area contributed by atoms with Crippen molar-refractivity contribution in [1.29, 1.82) is 10.9 Å². The van der Waals surface area contributed by atoms with Crippen molar-refractivity contribution in [3.63, 3.8) is 0 Å². The highest BCUT2D eigenvalue weighted by Gasteiger charge is 2.39. The van der Waals surface area contributed by atoms with Crippen molar-refractivity contribution in [3.05, 3.63) is 95.2 Å². The summed E-state index contributed by atoms with van der Waals surface area (Å²) in [5, 5.41) is 23.2. The van der Waals surface area contributed by atoms with E-state index < -0.39 is 6.04 Å². The van der Waals surface area contributed by atoms with Gasteiger partial charge in [-0.05, 0) is 60.9 Å². The number of halogens is 1. The lowest BCUT2D eigenvalue weighted by Crippen LogP contribution is -2.53. The number of piperidine rings is 1. The molecule has 0 radical (unpaired) electrons. The Labute approximate surface area is 235 Å². The van der Waals surface area contributed by atoms with Crippen molar-refractivity contribution in [1.82, 2.24) is 15.1 Å². The van der Waals surface area contributed by atoms with Crippen molar-refractivity contribution in [2.75, 3.05) is 16.9 Å². The van der Waals surface area contributed by atoms with Gasteiger partial charge in [-0.1, -0.05) is 47.2 Å². The number of anilines is 2. The molecule has 4 N–H and O–H groups in total. The zero-order valence-electron chi connectivity index (χ0n) is 21.4. The minimum atomic E-state index is -0.742. The maximum atomic E-state index is 13.8. The summed E-state index contributed by atoms with van der Waals surface area (Å²) in [5.41, 5.74) is 10.7. The fraction of sp³-hybridized carbons (Fsp3) is 0.172. The van der Waals surface area contributed by atoms with Crippen molar-refractivity contribution in [3.8, 4) is 0 Å². The Morgan fingerprint density at radius 2 is 1.98 bits per heavy atom. The van der Waals surface area contributed by atoms with E-state index in [4.69, 9.17) is 22.5 Å². The van der Waals surface area contributed by atoms with Crippen LogP contribution in [0.4, 0.5) is 11.4 Å². The topological polar surface area (TPSA) is 141 Å². The van der Waals surface area contributed by atoms with E-state index in [-0.39, 0.29) is 17.7 Å². The molecule has 2 amide bonds. The molecule has 3 aromatic carbocycles. The van der Waals surface area contributed by atoms with Crippen molar-refractivity contribution >= 4 is 58.1 Å². The average molecular weight is 555 g/mol. The minimum absolute atomic E-state index is 0.192. The number of nitrogens with one attached hydrogen (secondary N) is 4. The van der Waals surface area contributed by atoms with E-state index in [9.17, 15) is 9.59 Å². The van der Waals surface area contributed by atoms with Gasteiger partial charge in [0.1, 0.15) is 12.4 Å². The fourth-order valence-electron chi connectivity index (χ4n) is 5.13. The Hall–Kier alpha value is -4.83. The molecule has 0 bridgehead atoms. The number of carbonyl (C=O) groups is 2. The molecule has 1 fully saturated rings. The molecule has 0 saturated carbocycles. The van der Waals surface area contributed by atoms with Crippen LogP contribution in [0.1, 0.15) is 29.9 Å². The molecule has 1 aliphatic rings. The van der Waals surface area contributed by atoms with Gasteiger partial charge in [0.25, 0.3) is 0 Å². The van der Waals surface area contributed by atoms with Gasteiger partial charge in [-0.15, -0.1) is 0 Å². The van der Waals surface area contributed by atoms with E-state index in [1.54, 1.807) is 41.4 Å². The van der Waals surface area contributed by atoms with Crippen molar-refractivity contribution in [2.45, 2.75) is 24.8 Å². The number of hydrogen-bond acceptors (Lipinski definition) is 6. The van der Waals surface area contributed by atoms with E-state index in [1.165, 1.54) is 6.08 Å². The summed E-state index contributed by atoms with van der Waals surface area (Å²) in [5.74, 6) is -0.798. The molecule has 1 aliphatic heterocycles. The van der Waals surface area contributed by atoms with Crippen molar-refractivity contribution < 1.29 is 9.59 Å². The van der Waals surface area contributed by atoms with Crippen molar-refractivity contribution in [2.24, 2.45) is 5.22 Å². The Kier molecular flexibility index (Phi) is 7.97. The van der Waals surface area contributed by atoms with Gasteiger partial charge in [-0.3, -0.25) is 20.1 Å². The molecule has 1 saturated heterocycles. The van der Waals surface area contributed by atoms with Crippen LogP contribution < -0.4 is 10.3 Å². The third-order valence-electron chi connectivity index (χ3n) is 6.99. The van der Waals surface area contributed by atoms with Gasteiger partial charge in [-0.25, -0.2) is 5.01 Å². The Balaban J connectivity index is 1.46. The molecule has 2 atom stereocenters. The van der Waals surface area contributed by atoms with E-state index in [0.717, 1.165) is 40.7 Å². The number of fused-ring (bicyclic) bond motifs is 1. The zero-order chi connectivity index (χ0) is 28.1. The van der Waals surface area contributed by atoms with Gasteiger partial charge in [0.2, 0.25) is 11.8 Å². The highest BCUT2D eigenvalue weighted by atomic mass is 35.5. The van der Waals surface area contributed by atoms with E-state index in [0.29, 0.717) is 28.5 Å². The Bertz CT molecular complexity index is 1580. The maximum absolute atomic E-state index is 13.8. The van der Waals surface area contributed by atoms with Gasteiger partial charge in [0.15, 0.2) is 0 Å². The molecular weight excluding hydrogens is 528 g/mol. The zero-order valence-corrected chi connectivity index (χ0v) is 22.2. The molecule has 4 aromatic rings. The molecule has 11 heteroatoms. The SMILES string of the molecule is N=CN(N=N)c1ccc(Cl)cc1/C=C/C(=O)N1CCCC(c2ccccc2)C1C(=O)Nc1ccc2[nH]ncc2c1. The molecule has 202 valence electrons. The predicted molar refractivity (Wildman–Crippen MR) is 156 cm³/mol. The first-order chi connectivity index (χ1) is 19.5. The number of carbonyl (C=O) groups excluding carboxylic acids is 2. The molecule has 2 heterocycles. The minimum Gasteiger partial charge on any atom is -0.326 e. The number of rotatable bonds is 8. The number of hydrogen-bond donors (Lipinski definition) is 4. The summed E-state index contributed by atoms with van der Waals surface area (Å²) in [7, 11) is 0. The summed E-state index contributed by atoms with van der Waals surface area (Å²) in [4.78, 5) is 29.1. The van der Waals surface area contributed by atoms with Crippen LogP contribution >= 0.6 is 11.6 Å². The summed E-state index contributed by atoms with van der Waals surface area (Å²) < 4.78 is 0. The smallest absolute Gasteiger partial charge is 0.247 e. The van der Waals surface area contributed by atoms with Crippen LogP contribution in [0.3, 0.4) is 0 Å². The molecule has 1 aromatic heterocycles. The second-order valence-corrected chi connectivity index (χ2v) is 9.84. The lowest BCUT2D eigenvalue weighted by Gasteiger charge is -2.40.